The van der Waals surface area contributed by atoms with Gasteiger partial charge in [0.25, 0.3) is 11.8 Å². The van der Waals surface area contributed by atoms with Gasteiger partial charge < -0.3 is 16.0 Å². The molecule has 7 nitrogen and oxygen atoms in total. The molecular formula is C24H17ClF3N5O2S. The van der Waals surface area contributed by atoms with Crippen LogP contribution in [0.4, 0.5) is 35.5 Å². The summed E-state index contributed by atoms with van der Waals surface area (Å²) in [5, 5.41) is 8.30. The number of hydrogen-bond donors (Lipinski definition) is 3. The van der Waals surface area contributed by atoms with E-state index in [1.54, 1.807) is 37.4 Å². The number of hydrogen-bond acceptors (Lipinski definition) is 6. The van der Waals surface area contributed by atoms with E-state index >= 15 is 0 Å². The second kappa shape index (κ2) is 10.3. The summed E-state index contributed by atoms with van der Waals surface area (Å²) < 4.78 is 39.4. The van der Waals surface area contributed by atoms with Crippen LogP contribution in [-0.4, -0.2) is 21.8 Å². The summed E-state index contributed by atoms with van der Waals surface area (Å²) in [6.45, 7) is 1.76. The van der Waals surface area contributed by atoms with Crippen LogP contribution in [0, 0.1) is 6.92 Å². The summed E-state index contributed by atoms with van der Waals surface area (Å²) in [6.07, 6.45) is -1.65. The van der Waals surface area contributed by atoms with Crippen LogP contribution in [0.15, 0.2) is 67.0 Å². The molecule has 184 valence electrons. The predicted octanol–water partition coefficient (Wildman–Crippen LogP) is 6.77. The Morgan fingerprint density at radius 2 is 1.78 bits per heavy atom. The highest BCUT2D eigenvalue weighted by atomic mass is 35.5. The number of halogens is 4. The SMILES string of the molecule is Cc1ccc(NC(=O)c2ccc(Cl)c(C(F)(F)F)c2)cc1NC(=O)c1cnc(Nc2ccccn2)s1. The Hall–Kier alpha value is -3.96. The number of carbonyl (C=O) groups excluding carboxylic acids is 2. The smallest absolute Gasteiger partial charge is 0.322 e. The highest BCUT2D eigenvalue weighted by molar-refractivity contribution is 7.17. The highest BCUT2D eigenvalue weighted by Crippen LogP contribution is 2.35. The van der Waals surface area contributed by atoms with Crippen LogP contribution >= 0.6 is 22.9 Å². The quantitative estimate of drug-likeness (QED) is 0.255. The molecule has 2 heterocycles. The predicted molar refractivity (Wildman–Crippen MR) is 133 cm³/mol. The maximum absolute atomic E-state index is 13.1. The van der Waals surface area contributed by atoms with Crippen molar-refractivity contribution in [3.8, 4) is 0 Å². The number of rotatable bonds is 6. The Morgan fingerprint density at radius 1 is 0.972 bits per heavy atom. The van der Waals surface area contributed by atoms with Gasteiger partial charge in [0, 0.05) is 23.1 Å². The Balaban J connectivity index is 1.46. The van der Waals surface area contributed by atoms with Gasteiger partial charge in [-0.2, -0.15) is 13.2 Å². The first-order chi connectivity index (χ1) is 17.1. The molecule has 2 aromatic carbocycles. The summed E-state index contributed by atoms with van der Waals surface area (Å²) in [6, 6.07) is 13.0. The largest absolute Gasteiger partial charge is 0.417 e. The third-order valence-corrected chi connectivity index (χ3v) is 6.15. The molecule has 0 aliphatic rings. The maximum atomic E-state index is 13.1. The van der Waals surface area contributed by atoms with Crippen LogP contribution in [0.3, 0.4) is 0 Å². The van der Waals surface area contributed by atoms with Gasteiger partial charge in [0.15, 0.2) is 5.13 Å². The number of anilines is 4. The van der Waals surface area contributed by atoms with E-state index in [2.05, 4.69) is 25.9 Å². The van der Waals surface area contributed by atoms with Crippen molar-refractivity contribution in [3.63, 3.8) is 0 Å². The molecule has 0 saturated heterocycles. The van der Waals surface area contributed by atoms with E-state index in [0.29, 0.717) is 33.1 Å². The molecule has 2 aromatic heterocycles. The van der Waals surface area contributed by atoms with E-state index in [9.17, 15) is 22.8 Å². The number of aryl methyl sites for hydroxylation is 1. The first-order valence-corrected chi connectivity index (χ1v) is 11.5. The summed E-state index contributed by atoms with van der Waals surface area (Å²) in [5.74, 6) is -0.590. The van der Waals surface area contributed by atoms with Crippen LogP contribution in [0.1, 0.15) is 31.2 Å². The third-order valence-electron chi connectivity index (χ3n) is 4.91. The van der Waals surface area contributed by atoms with Gasteiger partial charge in [-0.15, -0.1) is 0 Å². The number of pyridine rings is 1. The monoisotopic (exact) mass is 531 g/mol. The topological polar surface area (TPSA) is 96.0 Å². The summed E-state index contributed by atoms with van der Waals surface area (Å²) in [4.78, 5) is 34.0. The van der Waals surface area contributed by atoms with E-state index < -0.39 is 28.6 Å². The van der Waals surface area contributed by atoms with Crippen molar-refractivity contribution in [2.24, 2.45) is 0 Å². The zero-order chi connectivity index (χ0) is 25.9. The van der Waals surface area contributed by atoms with E-state index in [1.807, 2.05) is 6.07 Å². The van der Waals surface area contributed by atoms with Gasteiger partial charge in [-0.3, -0.25) is 9.59 Å². The van der Waals surface area contributed by atoms with Gasteiger partial charge in [-0.25, -0.2) is 9.97 Å². The molecule has 0 spiro atoms. The molecule has 3 N–H and O–H groups in total. The van der Waals surface area contributed by atoms with Crippen molar-refractivity contribution in [1.82, 2.24) is 9.97 Å². The molecule has 0 fully saturated rings. The molecule has 0 radical (unpaired) electrons. The van der Waals surface area contributed by atoms with Crippen LogP contribution in [-0.2, 0) is 6.18 Å². The van der Waals surface area contributed by atoms with Crippen molar-refractivity contribution >= 4 is 57.1 Å². The van der Waals surface area contributed by atoms with Crippen LogP contribution < -0.4 is 16.0 Å². The fourth-order valence-corrected chi connectivity index (χ4v) is 4.03. The normalized spacial score (nSPS) is 11.1. The number of thiazole rings is 1. The van der Waals surface area contributed by atoms with Crippen molar-refractivity contribution < 1.29 is 22.8 Å². The number of alkyl halides is 3. The molecule has 0 saturated carbocycles. The summed E-state index contributed by atoms with van der Waals surface area (Å²) in [5.41, 5.74) is 0.0953. The van der Waals surface area contributed by atoms with Gasteiger partial charge in [-0.1, -0.05) is 35.1 Å². The van der Waals surface area contributed by atoms with E-state index in [0.717, 1.165) is 17.4 Å². The number of benzene rings is 2. The average molecular weight is 532 g/mol. The molecule has 0 unspecified atom stereocenters. The molecule has 4 aromatic rings. The van der Waals surface area contributed by atoms with E-state index in [4.69, 9.17) is 11.6 Å². The van der Waals surface area contributed by atoms with Gasteiger partial charge in [-0.05, 0) is 55.0 Å². The first kappa shape index (κ1) is 25.1. The van der Waals surface area contributed by atoms with Gasteiger partial charge >= 0.3 is 6.18 Å². The standard InChI is InChI=1S/C24H17ClF3N5O2S/c1-13-5-7-15(31-21(34)14-6-8-17(25)16(10-14)24(26,27)28)11-18(13)32-22(35)19-12-30-23(36-19)33-20-4-2-3-9-29-20/h2-12H,1H3,(H,31,34)(H,32,35)(H,29,30,33). The Bertz CT molecular complexity index is 1430. The number of carbonyl (C=O) groups is 2. The van der Waals surface area contributed by atoms with Crippen LogP contribution in [0.5, 0.6) is 0 Å². The summed E-state index contributed by atoms with van der Waals surface area (Å²) >= 11 is 6.75. The second-order valence-corrected chi connectivity index (χ2v) is 8.94. The summed E-state index contributed by atoms with van der Waals surface area (Å²) in [7, 11) is 0. The second-order valence-electron chi connectivity index (χ2n) is 7.50. The first-order valence-electron chi connectivity index (χ1n) is 10.3. The maximum Gasteiger partial charge on any atom is 0.417 e. The lowest BCUT2D eigenvalue weighted by Gasteiger charge is -2.13. The minimum atomic E-state index is -4.70. The van der Waals surface area contributed by atoms with E-state index in [1.165, 1.54) is 18.3 Å². The Kier molecular flexibility index (Phi) is 7.22. The Morgan fingerprint density at radius 3 is 2.50 bits per heavy atom. The Labute approximate surface area is 212 Å². The molecule has 36 heavy (non-hydrogen) atoms. The van der Waals surface area contributed by atoms with Crippen molar-refractivity contribution in [2.75, 3.05) is 16.0 Å². The lowest BCUT2D eigenvalue weighted by molar-refractivity contribution is -0.137. The van der Waals surface area contributed by atoms with Gasteiger partial charge in [0.05, 0.1) is 16.8 Å². The molecule has 0 aliphatic carbocycles. The number of nitrogens with one attached hydrogen (secondary N) is 3. The highest BCUT2D eigenvalue weighted by Gasteiger charge is 2.33. The van der Waals surface area contributed by atoms with E-state index in [-0.39, 0.29) is 11.3 Å². The number of amides is 2. The zero-order valence-electron chi connectivity index (χ0n) is 18.5. The minimum Gasteiger partial charge on any atom is -0.322 e. The fourth-order valence-electron chi connectivity index (χ4n) is 3.09. The molecule has 12 heteroatoms. The van der Waals surface area contributed by atoms with Gasteiger partial charge in [0.2, 0.25) is 0 Å². The number of nitrogens with zero attached hydrogens (tertiary/aromatic N) is 2. The zero-order valence-corrected chi connectivity index (χ0v) is 20.1. The minimum absolute atomic E-state index is 0.213. The van der Waals surface area contributed by atoms with Crippen molar-refractivity contribution in [3.05, 3.63) is 93.6 Å². The number of aromatic nitrogens is 2. The molecular weight excluding hydrogens is 515 g/mol. The molecule has 0 atom stereocenters. The third kappa shape index (κ3) is 5.99. The van der Waals surface area contributed by atoms with Crippen LogP contribution in [0.2, 0.25) is 5.02 Å². The fraction of sp³-hybridized carbons (Fsp3) is 0.0833. The van der Waals surface area contributed by atoms with Crippen molar-refractivity contribution in [1.29, 1.82) is 0 Å². The molecule has 0 bridgehead atoms. The molecule has 0 aliphatic heterocycles. The molecule has 4 rings (SSSR count). The lowest BCUT2D eigenvalue weighted by Crippen LogP contribution is -2.15. The lowest BCUT2D eigenvalue weighted by atomic mass is 10.1. The van der Waals surface area contributed by atoms with Crippen molar-refractivity contribution in [2.45, 2.75) is 13.1 Å². The van der Waals surface area contributed by atoms with Gasteiger partial charge in [0.1, 0.15) is 10.7 Å². The van der Waals surface area contributed by atoms with Crippen LogP contribution in [0.25, 0.3) is 0 Å². The molecule has 2 amide bonds. The average Bonchev–Trinajstić information content (AvgIpc) is 3.30.